The van der Waals surface area contributed by atoms with Crippen molar-refractivity contribution in [3.05, 3.63) is 66.1 Å². The fraction of sp³-hybridized carbons (Fsp3) is 0.391. The number of benzene rings is 2. The number of hydrogen-bond donors (Lipinski definition) is 0. The van der Waals surface area contributed by atoms with Crippen LogP contribution in [0.5, 0.6) is 5.75 Å². The van der Waals surface area contributed by atoms with Crippen molar-refractivity contribution in [3.63, 3.8) is 0 Å². The van der Waals surface area contributed by atoms with Gasteiger partial charge in [0.25, 0.3) is 0 Å². The number of ether oxygens (including phenoxy) is 3. The van der Waals surface area contributed by atoms with Gasteiger partial charge in [-0.2, -0.15) is 0 Å². The van der Waals surface area contributed by atoms with E-state index in [0.717, 1.165) is 48.2 Å². The van der Waals surface area contributed by atoms with Crippen LogP contribution in [0.1, 0.15) is 37.9 Å². The summed E-state index contributed by atoms with van der Waals surface area (Å²) in [5.41, 5.74) is 2.05. The number of hydrogen-bond acceptors (Lipinski definition) is 3. The Kier molecular flexibility index (Phi) is 5.93. The Morgan fingerprint density at radius 3 is 2.79 bits per heavy atom. The summed E-state index contributed by atoms with van der Waals surface area (Å²) < 4.78 is 32.9. The fourth-order valence-corrected chi connectivity index (χ4v) is 3.56. The minimum Gasteiger partial charge on any atom is -0.486 e. The molecule has 4 rings (SSSR count). The zero-order valence-corrected chi connectivity index (χ0v) is 16.1. The van der Waals surface area contributed by atoms with Gasteiger partial charge in [0, 0.05) is 25.4 Å². The van der Waals surface area contributed by atoms with Crippen molar-refractivity contribution in [3.8, 4) is 5.75 Å². The number of rotatable bonds is 7. The maximum absolute atomic E-state index is 13.1. The zero-order chi connectivity index (χ0) is 19.3. The highest BCUT2D eigenvalue weighted by Gasteiger charge is 2.14. The van der Waals surface area contributed by atoms with Gasteiger partial charge in [0.15, 0.2) is 6.29 Å². The standard InChI is InChI=1S/C23H26FNO3/c1-17(18-5-8-20(24)9-6-18)28-21-10-7-19-11-12-25(22(19)16-21)13-15-27-23-4-2-3-14-26-23/h5-12,16-17,23H,2-4,13-15H2,1H3. The molecule has 0 bridgehead atoms. The van der Waals surface area contributed by atoms with Crippen LogP contribution in [0.25, 0.3) is 10.9 Å². The number of fused-ring (bicyclic) bond motifs is 1. The van der Waals surface area contributed by atoms with Gasteiger partial charge in [0.2, 0.25) is 0 Å². The molecule has 2 unspecified atom stereocenters. The van der Waals surface area contributed by atoms with E-state index in [1.165, 1.54) is 18.6 Å². The van der Waals surface area contributed by atoms with Crippen LogP contribution >= 0.6 is 0 Å². The van der Waals surface area contributed by atoms with E-state index in [0.29, 0.717) is 6.61 Å². The molecule has 5 heteroatoms. The molecule has 2 aromatic carbocycles. The van der Waals surface area contributed by atoms with Gasteiger partial charge in [-0.25, -0.2) is 4.39 Å². The Morgan fingerprint density at radius 1 is 1.14 bits per heavy atom. The average Bonchev–Trinajstić information content (AvgIpc) is 3.12. The summed E-state index contributed by atoms with van der Waals surface area (Å²) in [4.78, 5) is 0. The van der Waals surface area contributed by atoms with Crippen LogP contribution < -0.4 is 4.74 Å². The molecule has 2 atom stereocenters. The summed E-state index contributed by atoms with van der Waals surface area (Å²) in [6, 6.07) is 14.6. The van der Waals surface area contributed by atoms with E-state index in [2.05, 4.69) is 22.9 Å². The van der Waals surface area contributed by atoms with Crippen molar-refractivity contribution < 1.29 is 18.6 Å². The Morgan fingerprint density at radius 2 is 2.00 bits per heavy atom. The molecule has 0 saturated carbocycles. The lowest BCUT2D eigenvalue weighted by atomic mass is 10.1. The lowest BCUT2D eigenvalue weighted by Gasteiger charge is -2.22. The molecule has 1 aliphatic heterocycles. The number of aromatic nitrogens is 1. The maximum Gasteiger partial charge on any atom is 0.157 e. The first-order valence-electron chi connectivity index (χ1n) is 9.93. The Balaban J connectivity index is 1.41. The van der Waals surface area contributed by atoms with Gasteiger partial charge >= 0.3 is 0 Å². The van der Waals surface area contributed by atoms with E-state index in [9.17, 15) is 4.39 Å². The van der Waals surface area contributed by atoms with Gasteiger partial charge in [-0.3, -0.25) is 0 Å². The van der Waals surface area contributed by atoms with Crippen molar-refractivity contribution in [2.75, 3.05) is 13.2 Å². The summed E-state index contributed by atoms with van der Waals surface area (Å²) >= 11 is 0. The molecule has 4 nitrogen and oxygen atoms in total. The van der Waals surface area contributed by atoms with Crippen LogP contribution in [0.4, 0.5) is 4.39 Å². The third-order valence-corrected chi connectivity index (χ3v) is 5.17. The lowest BCUT2D eigenvalue weighted by Crippen LogP contribution is -2.23. The van der Waals surface area contributed by atoms with Gasteiger partial charge in [-0.15, -0.1) is 0 Å². The van der Waals surface area contributed by atoms with Gasteiger partial charge < -0.3 is 18.8 Å². The number of halogens is 1. The van der Waals surface area contributed by atoms with Crippen molar-refractivity contribution >= 4 is 10.9 Å². The third kappa shape index (κ3) is 4.54. The minimum absolute atomic E-state index is 0.0639. The van der Waals surface area contributed by atoms with Gasteiger partial charge in [-0.1, -0.05) is 12.1 Å². The fourth-order valence-electron chi connectivity index (χ4n) is 3.56. The first-order valence-corrected chi connectivity index (χ1v) is 9.93. The quantitative estimate of drug-likeness (QED) is 0.543. The van der Waals surface area contributed by atoms with E-state index < -0.39 is 0 Å². The molecule has 148 valence electrons. The van der Waals surface area contributed by atoms with Crippen LogP contribution in [0.15, 0.2) is 54.7 Å². The summed E-state index contributed by atoms with van der Waals surface area (Å²) in [6.45, 7) is 4.14. The third-order valence-electron chi connectivity index (χ3n) is 5.17. The number of nitrogens with zero attached hydrogens (tertiary/aromatic N) is 1. The highest BCUT2D eigenvalue weighted by Crippen LogP contribution is 2.26. The molecule has 0 radical (unpaired) electrons. The van der Waals surface area contributed by atoms with E-state index in [-0.39, 0.29) is 18.2 Å². The highest BCUT2D eigenvalue weighted by atomic mass is 19.1. The smallest absolute Gasteiger partial charge is 0.157 e. The molecular formula is C23H26FNO3. The second kappa shape index (κ2) is 8.76. The zero-order valence-electron chi connectivity index (χ0n) is 16.1. The summed E-state index contributed by atoms with van der Waals surface area (Å²) in [6.07, 6.45) is 5.12. The van der Waals surface area contributed by atoms with Crippen LogP contribution in [0.2, 0.25) is 0 Å². The molecule has 1 aliphatic rings. The molecule has 0 amide bonds. The van der Waals surface area contributed by atoms with Gasteiger partial charge in [-0.05, 0) is 67.5 Å². The Labute approximate surface area is 164 Å². The van der Waals surface area contributed by atoms with Crippen molar-refractivity contribution in [2.24, 2.45) is 0 Å². The van der Waals surface area contributed by atoms with E-state index >= 15 is 0 Å². The molecule has 0 spiro atoms. The van der Waals surface area contributed by atoms with E-state index in [4.69, 9.17) is 14.2 Å². The molecule has 28 heavy (non-hydrogen) atoms. The van der Waals surface area contributed by atoms with E-state index in [1.807, 2.05) is 19.1 Å². The van der Waals surface area contributed by atoms with Crippen molar-refractivity contribution in [2.45, 2.75) is 45.1 Å². The van der Waals surface area contributed by atoms with E-state index in [1.54, 1.807) is 12.1 Å². The Bertz CT molecular complexity index is 900. The van der Waals surface area contributed by atoms with Crippen LogP contribution in [-0.4, -0.2) is 24.1 Å². The van der Waals surface area contributed by atoms with Crippen LogP contribution in [0.3, 0.4) is 0 Å². The molecule has 2 heterocycles. The first kappa shape index (κ1) is 19.0. The molecular weight excluding hydrogens is 357 g/mol. The monoisotopic (exact) mass is 383 g/mol. The molecule has 0 aliphatic carbocycles. The molecule has 1 fully saturated rings. The highest BCUT2D eigenvalue weighted by molar-refractivity contribution is 5.81. The average molecular weight is 383 g/mol. The Hall–Kier alpha value is -2.37. The predicted molar refractivity (Wildman–Crippen MR) is 107 cm³/mol. The molecule has 1 saturated heterocycles. The van der Waals surface area contributed by atoms with Crippen molar-refractivity contribution in [1.82, 2.24) is 4.57 Å². The molecule has 0 N–H and O–H groups in total. The predicted octanol–water partition coefficient (Wildman–Crippen LogP) is 5.46. The largest absolute Gasteiger partial charge is 0.486 e. The minimum atomic E-state index is -0.240. The second-order valence-corrected chi connectivity index (χ2v) is 7.21. The van der Waals surface area contributed by atoms with Crippen molar-refractivity contribution in [1.29, 1.82) is 0 Å². The summed E-state index contributed by atoms with van der Waals surface area (Å²) in [5.74, 6) is 0.553. The summed E-state index contributed by atoms with van der Waals surface area (Å²) in [5, 5.41) is 1.16. The SMILES string of the molecule is CC(Oc1ccc2ccn(CCOC3CCCCO3)c2c1)c1ccc(F)cc1. The van der Waals surface area contributed by atoms with Crippen LogP contribution in [0, 0.1) is 5.82 Å². The van der Waals surface area contributed by atoms with Crippen LogP contribution in [-0.2, 0) is 16.0 Å². The maximum atomic E-state index is 13.1. The molecule has 3 aromatic rings. The van der Waals surface area contributed by atoms with Gasteiger partial charge in [0.1, 0.15) is 17.7 Å². The topological polar surface area (TPSA) is 32.6 Å². The first-order chi connectivity index (χ1) is 13.7. The second-order valence-electron chi connectivity index (χ2n) is 7.21. The molecule has 1 aromatic heterocycles. The van der Waals surface area contributed by atoms with Gasteiger partial charge in [0.05, 0.1) is 12.1 Å². The summed E-state index contributed by atoms with van der Waals surface area (Å²) in [7, 11) is 0. The normalized spacial score (nSPS) is 18.3. The lowest BCUT2D eigenvalue weighted by molar-refractivity contribution is -0.163.